The number of H-pyrrole nitrogens is 1. The molecule has 4 N–H and O–H groups in total. The Balaban J connectivity index is 1.94. The van der Waals surface area contributed by atoms with Crippen molar-refractivity contribution in [1.82, 2.24) is 15.1 Å². The Morgan fingerprint density at radius 3 is 2.90 bits per heavy atom. The normalized spacial score (nSPS) is 23.8. The van der Waals surface area contributed by atoms with Gasteiger partial charge in [0.25, 0.3) is 0 Å². The molecule has 2 unspecified atom stereocenters. The molecule has 6 nitrogen and oxygen atoms in total. The monoisotopic (exact) mass is 279 g/mol. The molecular formula is C14H25N5O. The van der Waals surface area contributed by atoms with Crippen LogP contribution in [-0.2, 0) is 4.79 Å². The predicted molar refractivity (Wildman–Crippen MR) is 79.5 cm³/mol. The number of nitrogens with two attached hydrogens (primary N) is 1. The van der Waals surface area contributed by atoms with Crippen molar-refractivity contribution in [3.63, 3.8) is 0 Å². The highest BCUT2D eigenvalue weighted by Gasteiger charge is 2.26. The van der Waals surface area contributed by atoms with E-state index in [4.69, 9.17) is 5.73 Å². The third-order valence-corrected chi connectivity index (χ3v) is 4.11. The molecule has 0 radical (unpaired) electrons. The molecule has 1 aromatic heterocycles. The number of anilines is 1. The van der Waals surface area contributed by atoms with Gasteiger partial charge in [-0.25, -0.2) is 0 Å². The van der Waals surface area contributed by atoms with Crippen molar-refractivity contribution in [2.24, 2.45) is 11.7 Å². The number of aryl methyl sites for hydroxylation is 2. The van der Waals surface area contributed by atoms with Crippen LogP contribution in [0.4, 0.5) is 5.69 Å². The lowest BCUT2D eigenvalue weighted by atomic mass is 9.92. The second-order valence-corrected chi connectivity index (χ2v) is 5.85. The highest BCUT2D eigenvalue weighted by atomic mass is 16.2. The van der Waals surface area contributed by atoms with Crippen LogP contribution in [0.3, 0.4) is 0 Å². The Kier molecular flexibility index (Phi) is 4.77. The third-order valence-electron chi connectivity index (χ3n) is 4.11. The lowest BCUT2D eigenvalue weighted by Crippen LogP contribution is -2.49. The van der Waals surface area contributed by atoms with Crippen LogP contribution in [0, 0.1) is 19.8 Å². The van der Waals surface area contributed by atoms with E-state index in [-0.39, 0.29) is 5.91 Å². The van der Waals surface area contributed by atoms with E-state index >= 15 is 0 Å². The summed E-state index contributed by atoms with van der Waals surface area (Å²) in [6, 6.07) is 0.316. The van der Waals surface area contributed by atoms with Gasteiger partial charge in [0, 0.05) is 12.6 Å². The van der Waals surface area contributed by atoms with Crippen molar-refractivity contribution in [2.45, 2.75) is 39.7 Å². The lowest BCUT2D eigenvalue weighted by Gasteiger charge is -2.37. The second-order valence-electron chi connectivity index (χ2n) is 5.85. The van der Waals surface area contributed by atoms with Crippen LogP contribution >= 0.6 is 0 Å². The number of carbonyl (C=O) groups excluding carboxylic acids is 1. The number of nitrogens with one attached hydrogen (secondary N) is 2. The number of aromatic nitrogens is 2. The van der Waals surface area contributed by atoms with Gasteiger partial charge in [0.2, 0.25) is 5.91 Å². The summed E-state index contributed by atoms with van der Waals surface area (Å²) in [6.45, 7) is 7.99. The molecule has 2 atom stereocenters. The zero-order chi connectivity index (χ0) is 14.7. The van der Waals surface area contributed by atoms with Crippen molar-refractivity contribution in [3.05, 3.63) is 11.4 Å². The van der Waals surface area contributed by atoms with E-state index in [2.05, 4.69) is 27.3 Å². The standard InChI is InChI=1S/C14H25N5O/c1-9-4-5-19(12(6-9)7-15)8-13(20)16-14-10(2)17-18-11(14)3/h9,12H,4-8,15H2,1-3H3,(H,16,20)(H,17,18). The number of amides is 1. The predicted octanol–water partition coefficient (Wildman–Crippen LogP) is 1.02. The maximum atomic E-state index is 12.2. The quantitative estimate of drug-likeness (QED) is 0.768. The van der Waals surface area contributed by atoms with Crippen LogP contribution in [0.1, 0.15) is 31.2 Å². The fourth-order valence-corrected chi connectivity index (χ4v) is 2.85. The fraction of sp³-hybridized carbons (Fsp3) is 0.714. The van der Waals surface area contributed by atoms with Gasteiger partial charge in [0.1, 0.15) is 0 Å². The molecule has 0 saturated carbocycles. The van der Waals surface area contributed by atoms with Crippen molar-refractivity contribution in [3.8, 4) is 0 Å². The molecule has 0 aromatic carbocycles. The number of rotatable bonds is 4. The average Bonchev–Trinajstić information content (AvgIpc) is 2.72. The molecule has 1 aliphatic rings. The molecule has 1 aromatic rings. The first-order valence-corrected chi connectivity index (χ1v) is 7.26. The smallest absolute Gasteiger partial charge is 0.238 e. The molecule has 1 aliphatic heterocycles. The van der Waals surface area contributed by atoms with E-state index in [1.54, 1.807) is 0 Å². The Labute approximate surface area is 120 Å². The topological polar surface area (TPSA) is 87.0 Å². The van der Waals surface area contributed by atoms with E-state index in [0.717, 1.165) is 36.5 Å². The largest absolute Gasteiger partial charge is 0.329 e. The minimum atomic E-state index is 0.00519. The van der Waals surface area contributed by atoms with Gasteiger partial charge in [-0.3, -0.25) is 14.8 Å². The van der Waals surface area contributed by atoms with Crippen molar-refractivity contribution < 1.29 is 4.79 Å². The summed E-state index contributed by atoms with van der Waals surface area (Å²) in [6.07, 6.45) is 2.21. The van der Waals surface area contributed by atoms with E-state index in [1.807, 2.05) is 13.8 Å². The molecule has 6 heteroatoms. The summed E-state index contributed by atoms with van der Waals surface area (Å²) in [5.74, 6) is 0.701. The molecule has 1 saturated heterocycles. The molecule has 0 aliphatic carbocycles. The number of hydrogen-bond acceptors (Lipinski definition) is 4. The van der Waals surface area contributed by atoms with Gasteiger partial charge in [-0.2, -0.15) is 5.10 Å². The van der Waals surface area contributed by atoms with Gasteiger partial charge in [0.05, 0.1) is 23.6 Å². The number of aromatic amines is 1. The van der Waals surface area contributed by atoms with Crippen LogP contribution in [0.25, 0.3) is 0 Å². The van der Waals surface area contributed by atoms with Crippen molar-refractivity contribution >= 4 is 11.6 Å². The Morgan fingerprint density at radius 2 is 2.30 bits per heavy atom. The first-order valence-electron chi connectivity index (χ1n) is 7.26. The first kappa shape index (κ1) is 15.0. The number of carbonyl (C=O) groups is 1. The van der Waals surface area contributed by atoms with Gasteiger partial charge in [-0.15, -0.1) is 0 Å². The average molecular weight is 279 g/mol. The minimum Gasteiger partial charge on any atom is -0.329 e. The Hall–Kier alpha value is -1.40. The second kappa shape index (κ2) is 6.37. The highest BCUT2D eigenvalue weighted by molar-refractivity contribution is 5.93. The molecule has 20 heavy (non-hydrogen) atoms. The fourth-order valence-electron chi connectivity index (χ4n) is 2.85. The molecule has 0 spiro atoms. The zero-order valence-corrected chi connectivity index (χ0v) is 12.6. The first-order chi connectivity index (χ1) is 9.51. The van der Waals surface area contributed by atoms with E-state index < -0.39 is 0 Å². The van der Waals surface area contributed by atoms with Crippen LogP contribution < -0.4 is 11.1 Å². The van der Waals surface area contributed by atoms with Crippen LogP contribution in [0.2, 0.25) is 0 Å². The third kappa shape index (κ3) is 3.37. The maximum Gasteiger partial charge on any atom is 0.238 e. The van der Waals surface area contributed by atoms with Gasteiger partial charge in [-0.1, -0.05) is 6.92 Å². The summed E-state index contributed by atoms with van der Waals surface area (Å²) >= 11 is 0. The number of likely N-dealkylation sites (tertiary alicyclic amines) is 1. The molecule has 2 rings (SSSR count). The molecule has 0 bridgehead atoms. The van der Waals surface area contributed by atoms with E-state index in [0.29, 0.717) is 25.0 Å². The maximum absolute atomic E-state index is 12.2. The van der Waals surface area contributed by atoms with Crippen LogP contribution in [0.15, 0.2) is 0 Å². The summed E-state index contributed by atoms with van der Waals surface area (Å²) in [4.78, 5) is 14.4. The molecular weight excluding hydrogens is 254 g/mol. The van der Waals surface area contributed by atoms with Gasteiger partial charge in [0.15, 0.2) is 0 Å². The Morgan fingerprint density at radius 1 is 1.55 bits per heavy atom. The highest BCUT2D eigenvalue weighted by Crippen LogP contribution is 2.22. The van der Waals surface area contributed by atoms with Crippen molar-refractivity contribution in [2.75, 3.05) is 25.0 Å². The summed E-state index contributed by atoms with van der Waals surface area (Å²) in [7, 11) is 0. The molecule has 1 amide bonds. The summed E-state index contributed by atoms with van der Waals surface area (Å²) in [5, 5.41) is 9.90. The van der Waals surface area contributed by atoms with Crippen LogP contribution in [0.5, 0.6) is 0 Å². The minimum absolute atomic E-state index is 0.00519. The van der Waals surface area contributed by atoms with Gasteiger partial charge < -0.3 is 11.1 Å². The van der Waals surface area contributed by atoms with Gasteiger partial charge in [-0.05, 0) is 39.2 Å². The number of piperidine rings is 1. The number of hydrogen-bond donors (Lipinski definition) is 3. The van der Waals surface area contributed by atoms with Crippen LogP contribution in [-0.4, -0.2) is 46.7 Å². The Bertz CT molecular complexity index is 451. The zero-order valence-electron chi connectivity index (χ0n) is 12.6. The molecule has 112 valence electrons. The lowest BCUT2D eigenvalue weighted by molar-refractivity contribution is -0.118. The number of nitrogens with zero attached hydrogens (tertiary/aromatic N) is 2. The summed E-state index contributed by atoms with van der Waals surface area (Å²) < 4.78 is 0. The van der Waals surface area contributed by atoms with Crippen molar-refractivity contribution in [1.29, 1.82) is 0 Å². The van der Waals surface area contributed by atoms with E-state index in [9.17, 15) is 4.79 Å². The summed E-state index contributed by atoms with van der Waals surface area (Å²) in [5.41, 5.74) is 8.33. The van der Waals surface area contributed by atoms with E-state index in [1.165, 1.54) is 0 Å². The SMILES string of the molecule is Cc1n[nH]c(C)c1NC(=O)CN1CCC(C)CC1CN. The van der Waals surface area contributed by atoms with Gasteiger partial charge >= 0.3 is 0 Å². The molecule has 2 heterocycles. The molecule has 1 fully saturated rings.